The Kier molecular flexibility index (Phi) is 8.86. The monoisotopic (exact) mass is 324 g/mol. The van der Waals surface area contributed by atoms with Gasteiger partial charge in [0, 0.05) is 37.3 Å². The van der Waals surface area contributed by atoms with Gasteiger partial charge in [0.15, 0.2) is 0 Å². The van der Waals surface area contributed by atoms with Crippen LogP contribution in [0.2, 0.25) is 0 Å². The van der Waals surface area contributed by atoms with E-state index in [0.717, 1.165) is 31.6 Å². The van der Waals surface area contributed by atoms with Crippen LogP contribution in [0.3, 0.4) is 0 Å². The second-order valence-electron chi connectivity index (χ2n) is 5.40. The van der Waals surface area contributed by atoms with E-state index in [4.69, 9.17) is 9.90 Å². The van der Waals surface area contributed by atoms with Crippen molar-refractivity contribution in [2.45, 2.75) is 25.4 Å². The average Bonchev–Trinajstić information content (AvgIpc) is 2.89. The van der Waals surface area contributed by atoms with E-state index in [-0.39, 0.29) is 24.5 Å². The minimum Gasteiger partial charge on any atom is -0.483 e. The molecule has 23 heavy (non-hydrogen) atoms. The number of aliphatic hydroxyl groups is 1. The number of carbonyl (C=O) groups excluding carboxylic acids is 1. The number of aromatic nitrogens is 1. The number of hydrogen-bond acceptors (Lipinski definition) is 6. The Morgan fingerprint density at radius 3 is 2.83 bits per heavy atom. The van der Waals surface area contributed by atoms with Crippen molar-refractivity contribution in [3.63, 3.8) is 0 Å². The van der Waals surface area contributed by atoms with Gasteiger partial charge in [-0.3, -0.25) is 14.6 Å². The van der Waals surface area contributed by atoms with Crippen LogP contribution < -0.4 is 0 Å². The number of aliphatic hydroxyl groups excluding tert-OH is 1. The number of likely N-dealkylation sites (tertiary alicyclic amines) is 1. The maximum absolute atomic E-state index is 11.1. The number of methoxy groups -OCH3 is 1. The van der Waals surface area contributed by atoms with Crippen LogP contribution in [-0.2, 0) is 20.7 Å². The number of nitrogens with zero attached hydrogens (tertiary/aromatic N) is 2. The van der Waals surface area contributed by atoms with E-state index in [9.17, 15) is 9.90 Å². The molecule has 0 aliphatic carbocycles. The first-order valence-corrected chi connectivity index (χ1v) is 7.55. The summed E-state index contributed by atoms with van der Waals surface area (Å²) in [6.45, 7) is 2.11. The molecule has 7 heteroatoms. The van der Waals surface area contributed by atoms with E-state index in [1.54, 1.807) is 6.20 Å². The van der Waals surface area contributed by atoms with Crippen LogP contribution in [0, 0.1) is 5.92 Å². The van der Waals surface area contributed by atoms with E-state index >= 15 is 0 Å². The number of rotatable bonds is 6. The lowest BCUT2D eigenvalue weighted by Crippen LogP contribution is -2.23. The molecule has 1 aromatic heterocycles. The maximum atomic E-state index is 11.1. The fourth-order valence-corrected chi connectivity index (χ4v) is 2.66. The molecule has 0 saturated carbocycles. The Bertz CT molecular complexity index is 469. The molecule has 1 saturated heterocycles. The molecule has 0 bridgehead atoms. The zero-order valence-electron chi connectivity index (χ0n) is 13.3. The largest absolute Gasteiger partial charge is 0.483 e. The summed E-state index contributed by atoms with van der Waals surface area (Å²) < 4.78 is 4.62. The van der Waals surface area contributed by atoms with E-state index < -0.39 is 0 Å². The van der Waals surface area contributed by atoms with Crippen LogP contribution in [-0.4, -0.2) is 65.4 Å². The summed E-state index contributed by atoms with van der Waals surface area (Å²) in [6, 6.07) is 5.86. The molecule has 1 aliphatic rings. The van der Waals surface area contributed by atoms with Gasteiger partial charge in [-0.25, -0.2) is 0 Å². The van der Waals surface area contributed by atoms with Gasteiger partial charge in [0.25, 0.3) is 6.47 Å². The molecule has 1 fully saturated rings. The molecule has 2 atom stereocenters. The second kappa shape index (κ2) is 10.7. The second-order valence-corrected chi connectivity index (χ2v) is 5.40. The summed E-state index contributed by atoms with van der Waals surface area (Å²) in [4.78, 5) is 25.9. The summed E-state index contributed by atoms with van der Waals surface area (Å²) in [7, 11) is 1.41. The van der Waals surface area contributed by atoms with Gasteiger partial charge < -0.3 is 19.8 Å². The smallest absolute Gasteiger partial charge is 0.305 e. The van der Waals surface area contributed by atoms with Crippen molar-refractivity contribution >= 4 is 12.4 Å². The fraction of sp³-hybridized carbons (Fsp3) is 0.562. The molecule has 0 aromatic carbocycles. The molecule has 2 rings (SSSR count). The summed E-state index contributed by atoms with van der Waals surface area (Å²) >= 11 is 0. The van der Waals surface area contributed by atoms with Gasteiger partial charge in [0.2, 0.25) is 0 Å². The van der Waals surface area contributed by atoms with Gasteiger partial charge in [0.1, 0.15) is 0 Å². The molecular formula is C16H24N2O5. The summed E-state index contributed by atoms with van der Waals surface area (Å²) in [5, 5.41) is 17.0. The van der Waals surface area contributed by atoms with Crippen LogP contribution in [0.5, 0.6) is 0 Å². The number of pyridine rings is 1. The van der Waals surface area contributed by atoms with Crippen LogP contribution in [0.15, 0.2) is 24.4 Å². The number of hydrogen-bond donors (Lipinski definition) is 2. The fourth-order valence-electron chi connectivity index (χ4n) is 2.66. The normalized spacial score (nSPS) is 20.4. The van der Waals surface area contributed by atoms with Crippen LogP contribution >= 0.6 is 0 Å². The van der Waals surface area contributed by atoms with Crippen molar-refractivity contribution in [2.24, 2.45) is 5.92 Å². The zero-order chi connectivity index (χ0) is 17.1. The highest BCUT2D eigenvalue weighted by atomic mass is 16.5. The van der Waals surface area contributed by atoms with Crippen molar-refractivity contribution in [1.82, 2.24) is 9.88 Å². The highest BCUT2D eigenvalue weighted by molar-refractivity contribution is 5.69. The molecule has 0 amide bonds. The lowest BCUT2D eigenvalue weighted by atomic mass is 10.00. The number of β-amino-alcohol motifs (C(OH)–C–C–N with tert-alkyl or cyclic N) is 1. The van der Waals surface area contributed by atoms with Crippen LogP contribution in [0.4, 0.5) is 0 Å². The first kappa shape index (κ1) is 19.1. The third-order valence-electron chi connectivity index (χ3n) is 3.76. The van der Waals surface area contributed by atoms with Gasteiger partial charge >= 0.3 is 5.97 Å². The first-order chi connectivity index (χ1) is 11.1. The van der Waals surface area contributed by atoms with Gasteiger partial charge in [-0.1, -0.05) is 6.07 Å². The molecule has 0 unspecified atom stereocenters. The highest BCUT2D eigenvalue weighted by Crippen LogP contribution is 2.21. The van der Waals surface area contributed by atoms with Crippen molar-refractivity contribution in [1.29, 1.82) is 0 Å². The molecule has 0 radical (unpaired) electrons. The van der Waals surface area contributed by atoms with E-state index in [2.05, 4.69) is 14.6 Å². The summed E-state index contributed by atoms with van der Waals surface area (Å²) in [5.41, 5.74) is 1.02. The molecule has 0 spiro atoms. The zero-order valence-corrected chi connectivity index (χ0v) is 13.3. The Morgan fingerprint density at radius 2 is 2.22 bits per heavy atom. The molecule has 7 nitrogen and oxygen atoms in total. The van der Waals surface area contributed by atoms with Gasteiger partial charge in [-0.15, -0.1) is 0 Å². The quantitative estimate of drug-likeness (QED) is 0.583. The Labute approximate surface area is 135 Å². The topological polar surface area (TPSA) is 100.0 Å². The maximum Gasteiger partial charge on any atom is 0.305 e. The van der Waals surface area contributed by atoms with Crippen LogP contribution in [0.1, 0.15) is 18.5 Å². The van der Waals surface area contributed by atoms with Crippen molar-refractivity contribution in [2.75, 3.05) is 26.7 Å². The minimum absolute atomic E-state index is 0.171. The molecule has 2 N–H and O–H groups in total. The standard InChI is InChI=1S/C15H22N2O3.CH2O2/c1-20-15(19)6-4-8-17-10-12(14(18)11-17)9-13-5-2-3-7-16-13;2-1-3/h2-3,5,7,12,14,18H,4,6,8-11H2,1H3;1H,(H,2,3)/t12-,14-;/m1./s1. The van der Waals surface area contributed by atoms with E-state index in [1.165, 1.54) is 7.11 Å². The predicted octanol–water partition coefficient (Wildman–Crippen LogP) is 0.571. The van der Waals surface area contributed by atoms with E-state index in [0.29, 0.717) is 13.0 Å². The van der Waals surface area contributed by atoms with Crippen molar-refractivity contribution in [3.8, 4) is 0 Å². The molecule has 2 heterocycles. The molecular weight excluding hydrogens is 300 g/mol. The van der Waals surface area contributed by atoms with Crippen molar-refractivity contribution in [3.05, 3.63) is 30.1 Å². The van der Waals surface area contributed by atoms with E-state index in [1.807, 2.05) is 18.2 Å². The van der Waals surface area contributed by atoms with Gasteiger partial charge in [-0.05, 0) is 31.5 Å². The predicted molar refractivity (Wildman–Crippen MR) is 83.8 cm³/mol. The minimum atomic E-state index is -0.310. The Morgan fingerprint density at radius 1 is 1.48 bits per heavy atom. The number of carbonyl (C=O) groups is 2. The highest BCUT2D eigenvalue weighted by Gasteiger charge is 2.31. The number of carboxylic acid groups (broad SMARTS) is 1. The lowest BCUT2D eigenvalue weighted by Gasteiger charge is -2.14. The van der Waals surface area contributed by atoms with Crippen molar-refractivity contribution < 1.29 is 24.5 Å². The third-order valence-corrected chi connectivity index (χ3v) is 3.76. The summed E-state index contributed by atoms with van der Waals surface area (Å²) in [5.74, 6) is 0.0535. The lowest BCUT2D eigenvalue weighted by molar-refractivity contribution is -0.140. The molecule has 1 aliphatic heterocycles. The third kappa shape index (κ3) is 7.21. The first-order valence-electron chi connectivity index (χ1n) is 7.55. The number of ether oxygens (including phenoxy) is 1. The molecule has 1 aromatic rings. The SMILES string of the molecule is COC(=O)CCCN1C[C@@H](Cc2ccccn2)[C@H](O)C1.O=CO. The van der Waals surface area contributed by atoms with Gasteiger partial charge in [-0.2, -0.15) is 0 Å². The van der Waals surface area contributed by atoms with Gasteiger partial charge in [0.05, 0.1) is 13.2 Å². The average molecular weight is 324 g/mol. The number of esters is 1. The van der Waals surface area contributed by atoms with Crippen LogP contribution in [0.25, 0.3) is 0 Å². The Hall–Kier alpha value is -1.99. The molecule has 128 valence electrons. The summed E-state index contributed by atoms with van der Waals surface area (Å²) in [6.07, 6.45) is 3.49. The Balaban J connectivity index is 0.000000816.